The number of hydrogen-bond donors (Lipinski definition) is 1. The van der Waals surface area contributed by atoms with Crippen molar-refractivity contribution < 1.29 is 14.3 Å². The van der Waals surface area contributed by atoms with Crippen molar-refractivity contribution >= 4 is 52.5 Å². The third-order valence-electron chi connectivity index (χ3n) is 2.09. The maximum absolute atomic E-state index is 11.6. The number of ether oxygens (including phenoxy) is 1. The lowest BCUT2D eigenvalue weighted by Gasteiger charge is -2.07. The highest BCUT2D eigenvalue weighted by Gasteiger charge is 2.10. The number of rotatable bonds is 5. The van der Waals surface area contributed by atoms with Crippen LogP contribution in [0.2, 0.25) is 10.0 Å². The molecule has 5 nitrogen and oxygen atoms in total. The van der Waals surface area contributed by atoms with Crippen molar-refractivity contribution in [2.45, 2.75) is 11.8 Å². The molecule has 0 saturated heterocycles. The minimum absolute atomic E-state index is 0.226. The second-order valence-corrected chi connectivity index (χ2v) is 5.17. The first-order valence-corrected chi connectivity index (χ1v) is 7.26. The Morgan fingerprint density at radius 3 is 2.71 bits per heavy atom. The van der Waals surface area contributed by atoms with Crippen molar-refractivity contribution in [1.29, 1.82) is 5.26 Å². The maximum atomic E-state index is 11.6. The summed E-state index contributed by atoms with van der Waals surface area (Å²) in [6.45, 7) is 1.89. The Morgan fingerprint density at radius 1 is 1.38 bits per heavy atom. The van der Waals surface area contributed by atoms with E-state index in [1.807, 2.05) is 5.40 Å². The van der Waals surface area contributed by atoms with Gasteiger partial charge in [0.1, 0.15) is 5.40 Å². The Hall–Kier alpha value is -1.68. The summed E-state index contributed by atoms with van der Waals surface area (Å²) in [7, 11) is 0. The van der Waals surface area contributed by atoms with Crippen molar-refractivity contribution in [2.75, 3.05) is 11.9 Å². The smallest absolute Gasteiger partial charge is 0.330 e. The average Bonchev–Trinajstić information content (AvgIpc) is 2.42. The number of benzene rings is 1. The zero-order chi connectivity index (χ0) is 15.8. The minimum atomic E-state index is -0.613. The second kappa shape index (κ2) is 8.57. The predicted molar refractivity (Wildman–Crippen MR) is 82.3 cm³/mol. The normalized spacial score (nSPS) is 10.2. The summed E-state index contributed by atoms with van der Waals surface area (Å²) < 4.78 is 4.64. The zero-order valence-electron chi connectivity index (χ0n) is 10.9. The molecule has 0 unspecified atom stereocenters. The van der Waals surface area contributed by atoms with Gasteiger partial charge in [-0.15, -0.1) is 0 Å². The van der Waals surface area contributed by atoms with Crippen LogP contribution in [-0.4, -0.2) is 18.5 Å². The number of nitriles is 1. The monoisotopic (exact) mass is 344 g/mol. The molecule has 1 aromatic rings. The van der Waals surface area contributed by atoms with Gasteiger partial charge in [-0.1, -0.05) is 23.2 Å². The first kappa shape index (κ1) is 17.4. The van der Waals surface area contributed by atoms with Crippen LogP contribution in [0.5, 0.6) is 0 Å². The number of carbonyl (C=O) groups excluding carboxylic acids is 2. The van der Waals surface area contributed by atoms with Crippen LogP contribution < -0.4 is 5.32 Å². The minimum Gasteiger partial charge on any atom is -0.463 e. The third kappa shape index (κ3) is 5.68. The SMILES string of the molecule is CCOC(=O)/C=C/C(=O)Nc1cc(Cl)c(SC#N)cc1Cl. The lowest BCUT2D eigenvalue weighted by atomic mass is 10.3. The van der Waals surface area contributed by atoms with Crippen LogP contribution in [0.1, 0.15) is 6.92 Å². The summed E-state index contributed by atoms with van der Waals surface area (Å²) in [5, 5.41) is 13.5. The van der Waals surface area contributed by atoms with Crippen LogP contribution in [0.25, 0.3) is 0 Å². The van der Waals surface area contributed by atoms with E-state index in [2.05, 4.69) is 10.1 Å². The predicted octanol–water partition coefficient (Wildman–Crippen LogP) is 3.62. The van der Waals surface area contributed by atoms with Crippen molar-refractivity contribution in [3.8, 4) is 5.40 Å². The van der Waals surface area contributed by atoms with Gasteiger partial charge in [0.15, 0.2) is 0 Å². The fourth-order valence-electron chi connectivity index (χ4n) is 1.26. The average molecular weight is 345 g/mol. The molecule has 0 aromatic heterocycles. The Morgan fingerprint density at radius 2 is 2.10 bits per heavy atom. The quantitative estimate of drug-likeness (QED) is 0.382. The Kier molecular flexibility index (Phi) is 7.09. The second-order valence-electron chi connectivity index (χ2n) is 3.53. The molecule has 0 saturated carbocycles. The Bertz CT molecular complexity index is 627. The molecule has 0 heterocycles. The first-order chi connectivity index (χ1) is 9.97. The highest BCUT2D eigenvalue weighted by Crippen LogP contribution is 2.34. The van der Waals surface area contributed by atoms with Gasteiger partial charge in [-0.3, -0.25) is 4.79 Å². The molecule has 21 heavy (non-hydrogen) atoms. The molecule has 0 aliphatic rings. The first-order valence-electron chi connectivity index (χ1n) is 5.68. The van der Waals surface area contributed by atoms with Crippen LogP contribution in [0.3, 0.4) is 0 Å². The summed E-state index contributed by atoms with van der Waals surface area (Å²) in [6.07, 6.45) is 2.04. The molecule has 1 aromatic carbocycles. The largest absolute Gasteiger partial charge is 0.463 e. The summed E-state index contributed by atoms with van der Waals surface area (Å²) in [5.74, 6) is -1.17. The molecule has 0 spiro atoms. The van der Waals surface area contributed by atoms with Crippen molar-refractivity contribution in [3.05, 3.63) is 34.3 Å². The molecular weight excluding hydrogens is 335 g/mol. The van der Waals surface area contributed by atoms with Gasteiger partial charge in [-0.25, -0.2) is 4.79 Å². The fraction of sp³-hybridized carbons (Fsp3) is 0.154. The number of anilines is 1. The summed E-state index contributed by atoms with van der Waals surface area (Å²) in [4.78, 5) is 23.2. The van der Waals surface area contributed by atoms with Gasteiger partial charge in [0.05, 0.1) is 22.3 Å². The zero-order valence-corrected chi connectivity index (χ0v) is 13.2. The maximum Gasteiger partial charge on any atom is 0.330 e. The van der Waals surface area contributed by atoms with Gasteiger partial charge in [0, 0.05) is 17.0 Å². The molecular formula is C13H10Cl2N2O3S. The van der Waals surface area contributed by atoms with E-state index in [4.69, 9.17) is 28.5 Å². The van der Waals surface area contributed by atoms with E-state index < -0.39 is 11.9 Å². The molecule has 1 rings (SSSR count). The topological polar surface area (TPSA) is 79.2 Å². The van der Waals surface area contributed by atoms with E-state index in [1.54, 1.807) is 6.92 Å². The van der Waals surface area contributed by atoms with Gasteiger partial charge in [-0.05, 0) is 30.8 Å². The number of halogens is 2. The molecule has 110 valence electrons. The number of amides is 1. The number of nitrogens with zero attached hydrogens (tertiary/aromatic N) is 1. The van der Waals surface area contributed by atoms with Crippen molar-refractivity contribution in [2.24, 2.45) is 0 Å². The van der Waals surface area contributed by atoms with Gasteiger partial charge in [0.2, 0.25) is 5.91 Å². The number of thioether (sulfide) groups is 1. The number of esters is 1. The molecule has 0 aliphatic carbocycles. The van der Waals surface area contributed by atoms with Crippen LogP contribution in [0, 0.1) is 10.7 Å². The van der Waals surface area contributed by atoms with Gasteiger partial charge >= 0.3 is 5.97 Å². The number of hydrogen-bond acceptors (Lipinski definition) is 5. The van der Waals surface area contributed by atoms with Crippen LogP contribution >= 0.6 is 35.0 Å². The summed E-state index contributed by atoms with van der Waals surface area (Å²) in [5.41, 5.74) is 0.280. The molecule has 1 amide bonds. The van der Waals surface area contributed by atoms with Crippen LogP contribution in [-0.2, 0) is 14.3 Å². The Balaban J connectivity index is 2.80. The Labute approximate surface area is 135 Å². The molecule has 0 bridgehead atoms. The highest BCUT2D eigenvalue weighted by molar-refractivity contribution is 8.03. The van der Waals surface area contributed by atoms with E-state index >= 15 is 0 Å². The van der Waals surface area contributed by atoms with Gasteiger partial charge in [-0.2, -0.15) is 5.26 Å². The lowest BCUT2D eigenvalue weighted by Crippen LogP contribution is -2.10. The molecule has 0 atom stereocenters. The fourth-order valence-corrected chi connectivity index (χ4v) is 2.25. The van der Waals surface area contributed by atoms with Gasteiger partial charge < -0.3 is 10.1 Å². The lowest BCUT2D eigenvalue weighted by molar-refractivity contribution is -0.137. The van der Waals surface area contributed by atoms with E-state index in [1.165, 1.54) is 12.1 Å². The van der Waals surface area contributed by atoms with Crippen molar-refractivity contribution in [1.82, 2.24) is 0 Å². The molecule has 0 fully saturated rings. The summed E-state index contributed by atoms with van der Waals surface area (Å²) >= 11 is 12.8. The number of nitrogens with one attached hydrogen (secondary N) is 1. The van der Waals surface area contributed by atoms with Crippen molar-refractivity contribution in [3.63, 3.8) is 0 Å². The highest BCUT2D eigenvalue weighted by atomic mass is 35.5. The molecule has 8 heteroatoms. The van der Waals surface area contributed by atoms with Crippen LogP contribution in [0.4, 0.5) is 5.69 Å². The van der Waals surface area contributed by atoms with Crippen LogP contribution in [0.15, 0.2) is 29.2 Å². The van der Waals surface area contributed by atoms with E-state index in [-0.39, 0.29) is 22.3 Å². The third-order valence-corrected chi connectivity index (χ3v) is 3.48. The van der Waals surface area contributed by atoms with E-state index in [0.717, 1.165) is 23.9 Å². The standard InChI is InChI=1S/C13H10Cl2N2O3S/c1-2-20-13(19)4-3-12(18)17-10-5-9(15)11(21-7-16)6-8(10)14/h3-6H,2H2,1H3,(H,17,18)/b4-3+. The number of carbonyl (C=O) groups is 2. The molecule has 0 radical (unpaired) electrons. The summed E-state index contributed by atoms with van der Waals surface area (Å²) in [6, 6.07) is 2.90. The molecule has 0 aliphatic heterocycles. The van der Waals surface area contributed by atoms with E-state index in [0.29, 0.717) is 4.90 Å². The van der Waals surface area contributed by atoms with Gasteiger partial charge in [0.25, 0.3) is 0 Å². The molecule has 1 N–H and O–H groups in total. The number of thiocyanates is 1. The van der Waals surface area contributed by atoms with E-state index in [9.17, 15) is 9.59 Å².